The number of nitrogens with zero attached hydrogens (tertiary/aromatic N) is 2. The first-order valence-electron chi connectivity index (χ1n) is 11.1. The van der Waals surface area contributed by atoms with Crippen molar-refractivity contribution in [3.8, 4) is 11.4 Å². The SMILES string of the molecule is CCOc1ccc(NS(=O)(=O)c2ccc(N=Cc3c(C)[nH]n(-c4ccc(C)cc4)c3=O)cc2)cc1. The maximum Gasteiger partial charge on any atom is 0.280 e. The number of aromatic nitrogens is 2. The zero-order valence-corrected chi connectivity index (χ0v) is 20.5. The lowest BCUT2D eigenvalue weighted by molar-refractivity contribution is 0.340. The number of sulfonamides is 1. The highest BCUT2D eigenvalue weighted by molar-refractivity contribution is 7.92. The molecule has 0 fully saturated rings. The third-order valence-electron chi connectivity index (χ3n) is 5.32. The van der Waals surface area contributed by atoms with Gasteiger partial charge in [-0.1, -0.05) is 17.7 Å². The lowest BCUT2D eigenvalue weighted by Gasteiger charge is -2.09. The number of benzene rings is 3. The molecule has 0 aliphatic heterocycles. The number of ether oxygens (including phenoxy) is 1. The number of hydrogen-bond donors (Lipinski definition) is 2. The number of hydrogen-bond acceptors (Lipinski definition) is 5. The standard InChI is InChI=1S/C26H26N4O4S/c1-4-34-23-13-7-21(8-14-23)29-35(32,33)24-15-9-20(10-16-24)27-17-25-19(3)28-30(26(25)31)22-11-5-18(2)6-12-22/h5-17,28-29H,4H2,1-3H3. The maximum atomic E-state index is 12.9. The smallest absolute Gasteiger partial charge is 0.280 e. The first kappa shape index (κ1) is 24.0. The van der Waals surface area contributed by atoms with Gasteiger partial charge in [-0.05, 0) is 81.4 Å². The molecule has 35 heavy (non-hydrogen) atoms. The van der Waals surface area contributed by atoms with Crippen LogP contribution in [0.25, 0.3) is 5.69 Å². The van der Waals surface area contributed by atoms with Gasteiger partial charge in [-0.15, -0.1) is 0 Å². The van der Waals surface area contributed by atoms with Crippen LogP contribution in [-0.4, -0.2) is 31.0 Å². The van der Waals surface area contributed by atoms with E-state index >= 15 is 0 Å². The highest BCUT2D eigenvalue weighted by atomic mass is 32.2. The Balaban J connectivity index is 1.50. The van der Waals surface area contributed by atoms with Gasteiger partial charge in [0.2, 0.25) is 0 Å². The molecule has 4 aromatic rings. The lowest BCUT2D eigenvalue weighted by atomic mass is 10.2. The van der Waals surface area contributed by atoms with E-state index in [9.17, 15) is 13.2 Å². The number of H-pyrrole nitrogens is 1. The van der Waals surface area contributed by atoms with Crippen molar-refractivity contribution < 1.29 is 13.2 Å². The summed E-state index contributed by atoms with van der Waals surface area (Å²) in [6, 6.07) is 20.4. The third kappa shape index (κ3) is 5.52. The molecule has 0 aliphatic rings. The highest BCUT2D eigenvalue weighted by Crippen LogP contribution is 2.21. The predicted molar refractivity (Wildman–Crippen MR) is 138 cm³/mol. The number of aryl methyl sites for hydroxylation is 2. The fourth-order valence-electron chi connectivity index (χ4n) is 3.44. The van der Waals surface area contributed by atoms with E-state index in [1.807, 2.05) is 38.1 Å². The molecule has 0 radical (unpaired) electrons. The molecular formula is C26H26N4O4S. The summed E-state index contributed by atoms with van der Waals surface area (Å²) in [5.74, 6) is 0.668. The summed E-state index contributed by atoms with van der Waals surface area (Å²) >= 11 is 0. The van der Waals surface area contributed by atoms with Gasteiger partial charge in [0.05, 0.1) is 28.4 Å². The first-order valence-corrected chi connectivity index (χ1v) is 12.5. The van der Waals surface area contributed by atoms with Crippen LogP contribution in [0.15, 0.2) is 87.5 Å². The second kappa shape index (κ2) is 10.0. The van der Waals surface area contributed by atoms with E-state index in [0.29, 0.717) is 35.0 Å². The number of rotatable bonds is 8. The molecule has 0 aliphatic carbocycles. The van der Waals surface area contributed by atoms with Crippen LogP contribution in [0.3, 0.4) is 0 Å². The van der Waals surface area contributed by atoms with Crippen LogP contribution in [0.2, 0.25) is 0 Å². The Morgan fingerprint density at radius 2 is 1.63 bits per heavy atom. The molecule has 8 nitrogen and oxygen atoms in total. The van der Waals surface area contributed by atoms with Gasteiger partial charge < -0.3 is 4.74 Å². The van der Waals surface area contributed by atoms with E-state index in [1.165, 1.54) is 23.0 Å². The molecule has 0 bridgehead atoms. The fraction of sp³-hybridized carbons (Fsp3) is 0.154. The van der Waals surface area contributed by atoms with Gasteiger partial charge in [0.25, 0.3) is 15.6 Å². The molecule has 0 spiro atoms. The molecule has 0 amide bonds. The molecule has 2 N–H and O–H groups in total. The van der Waals surface area contributed by atoms with E-state index in [0.717, 1.165) is 11.3 Å². The van der Waals surface area contributed by atoms with Crippen molar-refractivity contribution in [1.29, 1.82) is 0 Å². The molecule has 1 heterocycles. The highest BCUT2D eigenvalue weighted by Gasteiger charge is 2.14. The zero-order valence-electron chi connectivity index (χ0n) is 19.6. The third-order valence-corrected chi connectivity index (χ3v) is 6.71. The van der Waals surface area contributed by atoms with E-state index < -0.39 is 10.0 Å². The molecule has 4 rings (SSSR count). The average molecular weight is 491 g/mol. The molecule has 0 atom stereocenters. The van der Waals surface area contributed by atoms with Crippen LogP contribution in [0, 0.1) is 13.8 Å². The molecular weight excluding hydrogens is 464 g/mol. The molecule has 0 saturated carbocycles. The van der Waals surface area contributed by atoms with E-state index in [1.54, 1.807) is 43.3 Å². The van der Waals surface area contributed by atoms with Crippen molar-refractivity contribution in [3.05, 3.63) is 100.0 Å². The summed E-state index contributed by atoms with van der Waals surface area (Å²) in [6.07, 6.45) is 1.49. The monoisotopic (exact) mass is 490 g/mol. The van der Waals surface area contributed by atoms with E-state index in [4.69, 9.17) is 4.74 Å². The summed E-state index contributed by atoms with van der Waals surface area (Å²) < 4.78 is 34.8. The molecule has 1 aromatic heterocycles. The second-order valence-corrected chi connectivity index (χ2v) is 9.62. The maximum absolute atomic E-state index is 12.9. The van der Waals surface area contributed by atoms with Gasteiger partial charge in [0, 0.05) is 17.6 Å². The van der Waals surface area contributed by atoms with Crippen molar-refractivity contribution >= 4 is 27.6 Å². The fourth-order valence-corrected chi connectivity index (χ4v) is 4.50. The quantitative estimate of drug-likeness (QED) is 0.348. The van der Waals surface area contributed by atoms with Crippen LogP contribution in [0.1, 0.15) is 23.7 Å². The lowest BCUT2D eigenvalue weighted by Crippen LogP contribution is -2.17. The first-order chi connectivity index (χ1) is 16.8. The Morgan fingerprint density at radius 1 is 0.971 bits per heavy atom. The van der Waals surface area contributed by atoms with Gasteiger partial charge >= 0.3 is 0 Å². The molecule has 0 unspecified atom stereocenters. The van der Waals surface area contributed by atoms with Gasteiger partial charge in [-0.25, -0.2) is 13.1 Å². The summed E-state index contributed by atoms with van der Waals surface area (Å²) in [4.78, 5) is 17.3. The van der Waals surface area contributed by atoms with Crippen molar-refractivity contribution in [2.45, 2.75) is 25.7 Å². The van der Waals surface area contributed by atoms with E-state index in [-0.39, 0.29) is 10.5 Å². The van der Waals surface area contributed by atoms with Gasteiger partial charge in [-0.2, -0.15) is 0 Å². The van der Waals surface area contributed by atoms with Crippen LogP contribution < -0.4 is 15.0 Å². The number of nitrogens with one attached hydrogen (secondary N) is 2. The minimum atomic E-state index is -3.77. The summed E-state index contributed by atoms with van der Waals surface area (Å²) in [7, 11) is -3.77. The van der Waals surface area contributed by atoms with Gasteiger partial charge in [-0.3, -0.25) is 19.6 Å². The number of aromatic amines is 1. The number of anilines is 1. The van der Waals surface area contributed by atoms with Crippen LogP contribution in [0.4, 0.5) is 11.4 Å². The zero-order chi connectivity index (χ0) is 25.0. The Labute approximate surface area is 204 Å². The Bertz CT molecular complexity index is 1500. The molecule has 0 saturated heterocycles. The van der Waals surface area contributed by atoms with Gasteiger partial charge in [0.15, 0.2) is 0 Å². The van der Waals surface area contributed by atoms with Crippen LogP contribution in [0.5, 0.6) is 5.75 Å². The Kier molecular flexibility index (Phi) is 6.88. The van der Waals surface area contributed by atoms with E-state index in [2.05, 4.69) is 14.8 Å². The van der Waals surface area contributed by atoms with Crippen molar-refractivity contribution in [3.63, 3.8) is 0 Å². The summed E-state index contributed by atoms with van der Waals surface area (Å²) in [6.45, 7) is 6.20. The minimum absolute atomic E-state index is 0.102. The topological polar surface area (TPSA) is 106 Å². The van der Waals surface area contributed by atoms with Crippen molar-refractivity contribution in [2.24, 2.45) is 4.99 Å². The minimum Gasteiger partial charge on any atom is -0.494 e. The van der Waals surface area contributed by atoms with Crippen LogP contribution in [-0.2, 0) is 10.0 Å². The molecule has 180 valence electrons. The summed E-state index contributed by atoms with van der Waals surface area (Å²) in [5.41, 5.74) is 3.69. The second-order valence-electron chi connectivity index (χ2n) is 7.94. The largest absolute Gasteiger partial charge is 0.494 e. The number of aliphatic imine (C=N–C) groups is 1. The van der Waals surface area contributed by atoms with Crippen molar-refractivity contribution in [1.82, 2.24) is 9.78 Å². The summed E-state index contributed by atoms with van der Waals surface area (Å²) in [5, 5.41) is 3.07. The predicted octanol–water partition coefficient (Wildman–Crippen LogP) is 4.73. The Hall–Kier alpha value is -4.11. The van der Waals surface area contributed by atoms with Crippen molar-refractivity contribution in [2.75, 3.05) is 11.3 Å². The molecule has 9 heteroatoms. The van der Waals surface area contributed by atoms with Crippen LogP contribution >= 0.6 is 0 Å². The average Bonchev–Trinajstić information content (AvgIpc) is 3.13. The Morgan fingerprint density at radius 3 is 2.26 bits per heavy atom. The molecule has 3 aromatic carbocycles. The normalized spacial score (nSPS) is 11.6. The van der Waals surface area contributed by atoms with Gasteiger partial charge in [0.1, 0.15) is 5.75 Å².